The SMILES string of the molecule is CC(=O)Cc1cc(=O)on1C. The fourth-order valence-electron chi connectivity index (χ4n) is 0.864. The van der Waals surface area contributed by atoms with Crippen LogP contribution in [-0.2, 0) is 18.3 Å². The van der Waals surface area contributed by atoms with Crippen molar-refractivity contribution in [3.8, 4) is 0 Å². The molecular weight excluding hydrogens is 146 g/mol. The van der Waals surface area contributed by atoms with E-state index >= 15 is 0 Å². The summed E-state index contributed by atoms with van der Waals surface area (Å²) in [6.45, 7) is 1.47. The van der Waals surface area contributed by atoms with Crippen LogP contribution in [0.2, 0.25) is 0 Å². The molecule has 0 atom stereocenters. The molecule has 1 aromatic heterocycles. The molecule has 4 heteroatoms. The Morgan fingerprint density at radius 3 is 2.73 bits per heavy atom. The van der Waals surface area contributed by atoms with Crippen molar-refractivity contribution >= 4 is 5.78 Å². The highest BCUT2D eigenvalue weighted by Crippen LogP contribution is 1.96. The number of carbonyl (C=O) groups excluding carboxylic acids is 1. The van der Waals surface area contributed by atoms with E-state index < -0.39 is 5.63 Å². The summed E-state index contributed by atoms with van der Waals surface area (Å²) in [6, 6.07) is 1.32. The average Bonchev–Trinajstić information content (AvgIpc) is 2.09. The molecule has 0 N–H and O–H groups in total. The third-order valence-electron chi connectivity index (χ3n) is 1.35. The van der Waals surface area contributed by atoms with Crippen LogP contribution >= 0.6 is 0 Å². The summed E-state index contributed by atoms with van der Waals surface area (Å²) in [5.41, 5.74) is 0.200. The van der Waals surface area contributed by atoms with E-state index in [-0.39, 0.29) is 12.2 Å². The van der Waals surface area contributed by atoms with Crippen molar-refractivity contribution in [3.05, 3.63) is 22.2 Å². The molecule has 0 radical (unpaired) electrons. The van der Waals surface area contributed by atoms with Gasteiger partial charge in [0.2, 0.25) is 0 Å². The van der Waals surface area contributed by atoms with E-state index in [4.69, 9.17) is 0 Å². The van der Waals surface area contributed by atoms with Crippen LogP contribution < -0.4 is 5.63 Å². The highest BCUT2D eigenvalue weighted by Gasteiger charge is 2.04. The van der Waals surface area contributed by atoms with Crippen molar-refractivity contribution in [3.63, 3.8) is 0 Å². The molecule has 0 fully saturated rings. The lowest BCUT2D eigenvalue weighted by Gasteiger charge is -1.94. The van der Waals surface area contributed by atoms with Gasteiger partial charge >= 0.3 is 5.63 Å². The average molecular weight is 155 g/mol. The predicted octanol–water partition coefficient (Wildman–Crippen LogP) is 0.110. The second kappa shape index (κ2) is 2.74. The summed E-state index contributed by atoms with van der Waals surface area (Å²) >= 11 is 0. The number of carbonyl (C=O) groups is 1. The monoisotopic (exact) mass is 155 g/mol. The minimum Gasteiger partial charge on any atom is -0.337 e. The molecule has 0 amide bonds. The minimum atomic E-state index is -0.413. The van der Waals surface area contributed by atoms with E-state index in [1.165, 1.54) is 17.7 Å². The van der Waals surface area contributed by atoms with Crippen LogP contribution in [-0.4, -0.2) is 10.5 Å². The molecule has 0 bridgehead atoms. The first-order chi connectivity index (χ1) is 5.09. The molecule has 1 rings (SSSR count). The second-order valence-corrected chi connectivity index (χ2v) is 2.42. The van der Waals surface area contributed by atoms with Gasteiger partial charge in [-0.25, -0.2) is 9.53 Å². The van der Waals surface area contributed by atoms with Crippen LogP contribution in [0.25, 0.3) is 0 Å². The topological polar surface area (TPSA) is 52.2 Å². The number of nitrogens with zero attached hydrogens (tertiary/aromatic N) is 1. The molecule has 0 unspecified atom stereocenters. The lowest BCUT2D eigenvalue weighted by molar-refractivity contribution is -0.116. The van der Waals surface area contributed by atoms with Gasteiger partial charge in [-0.2, -0.15) is 0 Å². The summed E-state index contributed by atoms with van der Waals surface area (Å²) < 4.78 is 5.93. The van der Waals surface area contributed by atoms with E-state index in [1.807, 2.05) is 0 Å². The van der Waals surface area contributed by atoms with Crippen LogP contribution in [0.4, 0.5) is 0 Å². The standard InChI is InChI=1S/C7H9NO3/c1-5(9)3-6-4-7(10)11-8(6)2/h4H,3H2,1-2H3. The molecule has 4 nitrogen and oxygen atoms in total. The van der Waals surface area contributed by atoms with E-state index in [1.54, 1.807) is 7.05 Å². The first-order valence-corrected chi connectivity index (χ1v) is 3.25. The maximum Gasteiger partial charge on any atom is 0.357 e. The number of rotatable bonds is 2. The molecule has 0 aliphatic carbocycles. The van der Waals surface area contributed by atoms with Crippen molar-refractivity contribution in [1.82, 2.24) is 4.74 Å². The third-order valence-corrected chi connectivity index (χ3v) is 1.35. The Kier molecular flexibility index (Phi) is 1.94. The zero-order valence-corrected chi connectivity index (χ0v) is 6.46. The Balaban J connectivity index is 2.94. The van der Waals surface area contributed by atoms with Crippen LogP contribution in [0, 0.1) is 0 Å². The van der Waals surface area contributed by atoms with Crippen molar-refractivity contribution in [1.29, 1.82) is 0 Å². The lowest BCUT2D eigenvalue weighted by atomic mass is 10.2. The van der Waals surface area contributed by atoms with Gasteiger partial charge in [0.05, 0.1) is 5.69 Å². The summed E-state index contributed by atoms with van der Waals surface area (Å²) in [6.07, 6.45) is 0.252. The molecule has 11 heavy (non-hydrogen) atoms. The normalized spacial score (nSPS) is 10.0. The van der Waals surface area contributed by atoms with Gasteiger partial charge in [0.25, 0.3) is 0 Å². The summed E-state index contributed by atoms with van der Waals surface area (Å²) in [7, 11) is 1.60. The van der Waals surface area contributed by atoms with Gasteiger partial charge < -0.3 is 4.52 Å². The number of aryl methyl sites for hydroxylation is 1. The fraction of sp³-hybridized carbons (Fsp3) is 0.429. The molecule has 1 heterocycles. The maximum atomic E-state index is 10.6. The van der Waals surface area contributed by atoms with Gasteiger partial charge in [0, 0.05) is 19.5 Å². The van der Waals surface area contributed by atoms with E-state index in [2.05, 4.69) is 4.52 Å². The van der Waals surface area contributed by atoms with Gasteiger partial charge in [-0.1, -0.05) is 0 Å². The molecule has 0 aliphatic heterocycles. The van der Waals surface area contributed by atoms with Crippen molar-refractivity contribution in [2.75, 3.05) is 0 Å². The summed E-state index contributed by atoms with van der Waals surface area (Å²) in [4.78, 5) is 21.2. The molecule has 0 aliphatic rings. The molecule has 0 spiro atoms. The van der Waals surface area contributed by atoms with Gasteiger partial charge in [-0.3, -0.25) is 4.79 Å². The van der Waals surface area contributed by atoms with Gasteiger partial charge in [-0.05, 0) is 6.92 Å². The first-order valence-electron chi connectivity index (χ1n) is 3.25. The van der Waals surface area contributed by atoms with Crippen molar-refractivity contribution in [2.45, 2.75) is 13.3 Å². The maximum absolute atomic E-state index is 10.6. The minimum absolute atomic E-state index is 0.0152. The highest BCUT2D eigenvalue weighted by atomic mass is 16.5. The Morgan fingerprint density at radius 1 is 1.73 bits per heavy atom. The molecule has 0 saturated carbocycles. The predicted molar refractivity (Wildman–Crippen MR) is 38.3 cm³/mol. The van der Waals surface area contributed by atoms with Gasteiger partial charge in [-0.15, -0.1) is 0 Å². The van der Waals surface area contributed by atoms with E-state index in [9.17, 15) is 9.59 Å². The van der Waals surface area contributed by atoms with Gasteiger partial charge in [0.15, 0.2) is 0 Å². The number of hydrogen-bond donors (Lipinski definition) is 0. The zero-order chi connectivity index (χ0) is 8.43. The van der Waals surface area contributed by atoms with Crippen LogP contribution in [0.5, 0.6) is 0 Å². The second-order valence-electron chi connectivity index (χ2n) is 2.42. The Bertz CT molecular complexity index is 321. The smallest absolute Gasteiger partial charge is 0.337 e. The fourth-order valence-corrected chi connectivity index (χ4v) is 0.864. The van der Waals surface area contributed by atoms with Crippen LogP contribution in [0.3, 0.4) is 0 Å². The lowest BCUT2D eigenvalue weighted by Crippen LogP contribution is -2.01. The number of aromatic nitrogens is 1. The summed E-state index contributed by atoms with van der Waals surface area (Å²) in [5, 5.41) is 0. The largest absolute Gasteiger partial charge is 0.357 e. The van der Waals surface area contributed by atoms with E-state index in [0.717, 1.165) is 0 Å². The number of hydrogen-bond acceptors (Lipinski definition) is 3. The van der Waals surface area contributed by atoms with Gasteiger partial charge in [0.1, 0.15) is 5.78 Å². The highest BCUT2D eigenvalue weighted by molar-refractivity contribution is 5.77. The van der Waals surface area contributed by atoms with Crippen molar-refractivity contribution in [2.24, 2.45) is 7.05 Å². The molecule has 1 aromatic rings. The van der Waals surface area contributed by atoms with Crippen LogP contribution in [0.1, 0.15) is 12.6 Å². The molecule has 0 aromatic carbocycles. The quantitative estimate of drug-likeness (QED) is 0.609. The number of ketones is 1. The van der Waals surface area contributed by atoms with Crippen LogP contribution in [0.15, 0.2) is 15.4 Å². The number of Topliss-reactive ketones (excluding diaryl/α,β-unsaturated/α-hetero) is 1. The molecule has 60 valence electrons. The van der Waals surface area contributed by atoms with Crippen molar-refractivity contribution < 1.29 is 9.32 Å². The Hall–Kier alpha value is -1.32. The summed E-state index contributed by atoms with van der Waals surface area (Å²) in [5.74, 6) is 0.0152. The zero-order valence-electron chi connectivity index (χ0n) is 6.46. The third kappa shape index (κ3) is 1.80. The first kappa shape index (κ1) is 7.78. The molecule has 0 saturated heterocycles. The Labute approximate surface area is 63.4 Å². The van der Waals surface area contributed by atoms with E-state index in [0.29, 0.717) is 5.69 Å². The molecular formula is C7H9NO3. The Morgan fingerprint density at radius 2 is 2.36 bits per heavy atom.